The van der Waals surface area contributed by atoms with Crippen molar-refractivity contribution in [2.45, 2.75) is 0 Å². The molecule has 1 N–H and O–H groups in total. The Bertz CT molecular complexity index is 868. The fourth-order valence-electron chi connectivity index (χ4n) is 2.32. The van der Waals surface area contributed by atoms with Gasteiger partial charge in [-0.05, 0) is 36.4 Å². The van der Waals surface area contributed by atoms with Gasteiger partial charge in [0, 0.05) is 17.5 Å². The second-order valence-electron chi connectivity index (χ2n) is 4.99. The van der Waals surface area contributed by atoms with Crippen molar-refractivity contribution < 1.29 is 14.5 Å². The molecule has 1 heterocycles. The molecule has 3 aromatic rings. The van der Waals surface area contributed by atoms with Gasteiger partial charge in [0.1, 0.15) is 7.05 Å². The van der Waals surface area contributed by atoms with Crippen LogP contribution in [0.2, 0.25) is 0 Å². The molecule has 2 aromatic carbocycles. The van der Waals surface area contributed by atoms with Gasteiger partial charge >= 0.3 is 5.97 Å². The number of aromatic carboxylic acids is 1. The molecule has 4 heteroatoms. The van der Waals surface area contributed by atoms with E-state index in [-0.39, 0.29) is 5.56 Å². The molecule has 4 nitrogen and oxygen atoms in total. The van der Waals surface area contributed by atoms with Crippen LogP contribution in [0.4, 0.5) is 5.69 Å². The lowest BCUT2D eigenvalue weighted by Crippen LogP contribution is -2.34. The van der Waals surface area contributed by atoms with Crippen molar-refractivity contribution in [1.29, 1.82) is 0 Å². The van der Waals surface area contributed by atoms with Gasteiger partial charge in [-0.2, -0.15) is 4.57 Å². The zero-order valence-electron chi connectivity index (χ0n) is 12.1. The minimum atomic E-state index is -0.934. The molecule has 0 fully saturated rings. The van der Waals surface area contributed by atoms with E-state index in [2.05, 4.69) is 27.8 Å². The summed E-state index contributed by atoms with van der Waals surface area (Å²) >= 11 is 0. The average Bonchev–Trinajstić information content (AvgIpc) is 2.55. The number of carboxylic acids is 1. The Hall–Kier alpha value is -3.01. The highest BCUT2D eigenvalue weighted by molar-refractivity contribution is 5.88. The van der Waals surface area contributed by atoms with E-state index in [1.165, 1.54) is 5.39 Å². The SMILES string of the molecule is C[n+]1c(C=Nc2ccc(C(=O)O)cc2)ccc2ccccc21. The predicted molar refractivity (Wildman–Crippen MR) is 85.8 cm³/mol. The normalized spacial score (nSPS) is 11.1. The van der Waals surface area contributed by atoms with Crippen LogP contribution in [0.5, 0.6) is 0 Å². The fourth-order valence-corrected chi connectivity index (χ4v) is 2.32. The van der Waals surface area contributed by atoms with Crippen LogP contribution in [-0.4, -0.2) is 17.3 Å². The smallest absolute Gasteiger partial charge is 0.335 e. The van der Waals surface area contributed by atoms with Crippen molar-refractivity contribution >= 4 is 28.8 Å². The third-order valence-electron chi connectivity index (χ3n) is 3.58. The number of pyridine rings is 1. The number of hydrogen-bond acceptors (Lipinski definition) is 2. The Labute approximate surface area is 128 Å². The lowest BCUT2D eigenvalue weighted by atomic mass is 10.2. The molecule has 108 valence electrons. The third kappa shape index (κ3) is 2.72. The lowest BCUT2D eigenvalue weighted by Gasteiger charge is -1.99. The molecule has 1 aromatic heterocycles. The van der Waals surface area contributed by atoms with Crippen LogP contribution >= 0.6 is 0 Å². The number of fused-ring (bicyclic) bond motifs is 1. The number of hydrogen-bond donors (Lipinski definition) is 1. The molecule has 0 saturated carbocycles. The molecule has 0 amide bonds. The van der Waals surface area contributed by atoms with Crippen LogP contribution in [0.3, 0.4) is 0 Å². The van der Waals surface area contributed by atoms with Crippen molar-refractivity contribution in [2.75, 3.05) is 0 Å². The number of carboxylic acid groups (broad SMARTS) is 1. The van der Waals surface area contributed by atoms with E-state index >= 15 is 0 Å². The molecule has 0 bridgehead atoms. The summed E-state index contributed by atoms with van der Waals surface area (Å²) in [4.78, 5) is 15.2. The Kier molecular flexibility index (Phi) is 3.66. The molecule has 22 heavy (non-hydrogen) atoms. The highest BCUT2D eigenvalue weighted by atomic mass is 16.4. The molecule has 0 radical (unpaired) electrons. The second-order valence-corrected chi connectivity index (χ2v) is 4.99. The van der Waals surface area contributed by atoms with E-state index in [4.69, 9.17) is 5.11 Å². The van der Waals surface area contributed by atoms with E-state index in [9.17, 15) is 4.79 Å². The maximum atomic E-state index is 10.8. The number of aryl methyl sites for hydroxylation is 1. The maximum absolute atomic E-state index is 10.8. The first kappa shape index (κ1) is 13.9. The largest absolute Gasteiger partial charge is 0.478 e. The van der Waals surface area contributed by atoms with Gasteiger partial charge in [0.05, 0.1) is 17.5 Å². The zero-order chi connectivity index (χ0) is 15.5. The van der Waals surface area contributed by atoms with Gasteiger partial charge < -0.3 is 5.11 Å². The number of para-hydroxylation sites is 1. The monoisotopic (exact) mass is 291 g/mol. The van der Waals surface area contributed by atoms with Gasteiger partial charge in [-0.3, -0.25) is 0 Å². The molecule has 0 aliphatic heterocycles. The minimum Gasteiger partial charge on any atom is -0.478 e. The van der Waals surface area contributed by atoms with Crippen LogP contribution in [0.1, 0.15) is 16.1 Å². The first-order chi connectivity index (χ1) is 10.6. The van der Waals surface area contributed by atoms with Crippen molar-refractivity contribution in [1.82, 2.24) is 0 Å². The Morgan fingerprint density at radius 3 is 2.50 bits per heavy atom. The van der Waals surface area contributed by atoms with Crippen molar-refractivity contribution in [3.8, 4) is 0 Å². The van der Waals surface area contributed by atoms with Gasteiger partial charge in [-0.1, -0.05) is 12.1 Å². The van der Waals surface area contributed by atoms with E-state index in [0.29, 0.717) is 0 Å². The Morgan fingerprint density at radius 1 is 1.05 bits per heavy atom. The molecule has 0 aliphatic rings. The summed E-state index contributed by atoms with van der Waals surface area (Å²) in [6.45, 7) is 0. The van der Waals surface area contributed by atoms with Gasteiger partial charge in [0.2, 0.25) is 11.2 Å². The summed E-state index contributed by atoms with van der Waals surface area (Å²) in [5, 5.41) is 10.1. The topological polar surface area (TPSA) is 53.5 Å². The molecule has 0 spiro atoms. The predicted octanol–water partition coefficient (Wildman–Crippen LogP) is 3.11. The summed E-state index contributed by atoms with van der Waals surface area (Å²) in [5.41, 5.74) is 3.09. The number of benzene rings is 2. The molecule has 0 unspecified atom stereocenters. The number of aromatic nitrogens is 1. The van der Waals surface area contributed by atoms with Gasteiger partial charge in [-0.25, -0.2) is 9.79 Å². The van der Waals surface area contributed by atoms with Crippen LogP contribution in [0.25, 0.3) is 10.9 Å². The third-order valence-corrected chi connectivity index (χ3v) is 3.58. The summed E-state index contributed by atoms with van der Waals surface area (Å²) in [5.74, 6) is -0.934. The van der Waals surface area contributed by atoms with Crippen LogP contribution < -0.4 is 4.57 Å². The standard InChI is InChI=1S/C18H14N2O2/c1-20-16(11-8-13-4-2-3-5-17(13)20)12-19-15-9-6-14(7-10-15)18(21)22/h2-12H,1H3/p+1. The maximum Gasteiger partial charge on any atom is 0.335 e. The average molecular weight is 291 g/mol. The highest BCUT2D eigenvalue weighted by Crippen LogP contribution is 2.14. The van der Waals surface area contributed by atoms with E-state index in [1.54, 1.807) is 30.5 Å². The summed E-state index contributed by atoms with van der Waals surface area (Å²) in [7, 11) is 2.00. The quantitative estimate of drug-likeness (QED) is 0.595. The van der Waals surface area contributed by atoms with E-state index in [0.717, 1.165) is 16.9 Å². The van der Waals surface area contributed by atoms with Gasteiger partial charge in [-0.15, -0.1) is 0 Å². The fraction of sp³-hybridized carbons (Fsp3) is 0.0556. The van der Waals surface area contributed by atoms with Crippen LogP contribution in [0.15, 0.2) is 65.7 Å². The Morgan fingerprint density at radius 2 is 1.77 bits per heavy atom. The number of rotatable bonds is 3. The van der Waals surface area contributed by atoms with Crippen molar-refractivity contribution in [3.05, 3.63) is 71.9 Å². The minimum absolute atomic E-state index is 0.259. The number of aliphatic imine (C=N–C) groups is 1. The van der Waals surface area contributed by atoms with Crippen molar-refractivity contribution in [2.24, 2.45) is 12.0 Å². The summed E-state index contributed by atoms with van der Waals surface area (Å²) in [6.07, 6.45) is 1.78. The molecule has 3 rings (SSSR count). The first-order valence-corrected chi connectivity index (χ1v) is 6.90. The first-order valence-electron chi connectivity index (χ1n) is 6.90. The van der Waals surface area contributed by atoms with Crippen LogP contribution in [-0.2, 0) is 7.05 Å². The van der Waals surface area contributed by atoms with Crippen molar-refractivity contribution in [3.63, 3.8) is 0 Å². The second kappa shape index (κ2) is 5.77. The summed E-state index contributed by atoms with van der Waals surface area (Å²) in [6, 6.07) is 18.7. The lowest BCUT2D eigenvalue weighted by molar-refractivity contribution is -0.645. The van der Waals surface area contributed by atoms with E-state index in [1.807, 2.05) is 25.2 Å². The molecular weight excluding hydrogens is 276 g/mol. The molecule has 0 atom stereocenters. The van der Waals surface area contributed by atoms with Crippen LogP contribution in [0, 0.1) is 0 Å². The van der Waals surface area contributed by atoms with Gasteiger partial charge in [0.15, 0.2) is 0 Å². The molecule has 0 saturated heterocycles. The molecule has 0 aliphatic carbocycles. The number of nitrogens with zero attached hydrogens (tertiary/aromatic N) is 2. The van der Waals surface area contributed by atoms with E-state index < -0.39 is 5.97 Å². The number of carbonyl (C=O) groups is 1. The Balaban J connectivity index is 1.92. The zero-order valence-corrected chi connectivity index (χ0v) is 12.1. The van der Waals surface area contributed by atoms with Gasteiger partial charge in [0.25, 0.3) is 0 Å². The molecular formula is C18H15N2O2+. The summed E-state index contributed by atoms with van der Waals surface area (Å²) < 4.78 is 2.07. The highest BCUT2D eigenvalue weighted by Gasteiger charge is 2.08.